The van der Waals surface area contributed by atoms with Gasteiger partial charge in [-0.2, -0.15) is 0 Å². The lowest BCUT2D eigenvalue weighted by Crippen LogP contribution is -2.40. The maximum absolute atomic E-state index is 12.1. The summed E-state index contributed by atoms with van der Waals surface area (Å²) in [5.41, 5.74) is 1.47. The quantitative estimate of drug-likeness (QED) is 0.420. The molecule has 1 unspecified atom stereocenters. The normalized spacial score (nSPS) is 12.7. The molecular weight excluding hydrogens is 455 g/mol. The van der Waals surface area contributed by atoms with Crippen molar-refractivity contribution in [3.05, 3.63) is 69.7 Å². The largest absolute Gasteiger partial charge is 0.497 e. The molecule has 170 valence electrons. The molecule has 0 aromatic heterocycles. The van der Waals surface area contributed by atoms with Crippen LogP contribution >= 0.6 is 23.2 Å². The standard InChI is InChI=1S/C23H24Cl2N2O5/c1-14(19-10-7-17(24)12-20(19)25)26-22(29)13-32-23(30)15(2)27-21(28)11-6-16-4-8-18(31-3)9-5-16/h4-12,14-15H,13H2,1-3H3,(H,26,29)(H,27,28)/t14?,15-/m0/s1. The van der Waals surface area contributed by atoms with E-state index in [1.165, 1.54) is 13.0 Å². The first-order chi connectivity index (χ1) is 15.2. The number of hydrogen-bond donors (Lipinski definition) is 2. The molecule has 0 saturated heterocycles. The van der Waals surface area contributed by atoms with Gasteiger partial charge < -0.3 is 20.1 Å². The van der Waals surface area contributed by atoms with Gasteiger partial charge in [0.05, 0.1) is 13.2 Å². The van der Waals surface area contributed by atoms with Gasteiger partial charge in [0.25, 0.3) is 5.91 Å². The number of carbonyl (C=O) groups is 3. The fourth-order valence-electron chi connectivity index (χ4n) is 2.68. The smallest absolute Gasteiger partial charge is 0.328 e. The summed E-state index contributed by atoms with van der Waals surface area (Å²) in [5, 5.41) is 6.08. The Kier molecular flexibility index (Phi) is 9.56. The van der Waals surface area contributed by atoms with Gasteiger partial charge in [0.1, 0.15) is 11.8 Å². The van der Waals surface area contributed by atoms with E-state index >= 15 is 0 Å². The first-order valence-electron chi connectivity index (χ1n) is 9.73. The molecule has 9 heteroatoms. The van der Waals surface area contributed by atoms with Crippen LogP contribution in [0.1, 0.15) is 31.0 Å². The summed E-state index contributed by atoms with van der Waals surface area (Å²) in [6, 6.07) is 10.7. The van der Waals surface area contributed by atoms with Gasteiger partial charge in [0.15, 0.2) is 6.61 Å². The Balaban J connectivity index is 1.78. The molecule has 2 N–H and O–H groups in total. The summed E-state index contributed by atoms with van der Waals surface area (Å²) in [5.74, 6) is -1.00. The van der Waals surface area contributed by atoms with Crippen molar-refractivity contribution < 1.29 is 23.9 Å². The summed E-state index contributed by atoms with van der Waals surface area (Å²) in [7, 11) is 1.57. The number of amides is 2. The van der Waals surface area contributed by atoms with E-state index in [0.717, 1.165) is 5.56 Å². The molecule has 0 fully saturated rings. The molecule has 7 nitrogen and oxygen atoms in total. The predicted octanol–water partition coefficient (Wildman–Crippen LogP) is 3.94. The van der Waals surface area contributed by atoms with Gasteiger partial charge in [-0.3, -0.25) is 9.59 Å². The van der Waals surface area contributed by atoms with Gasteiger partial charge in [0, 0.05) is 16.1 Å². The van der Waals surface area contributed by atoms with E-state index in [2.05, 4.69) is 10.6 Å². The predicted molar refractivity (Wildman–Crippen MR) is 124 cm³/mol. The van der Waals surface area contributed by atoms with E-state index in [4.69, 9.17) is 32.7 Å². The highest BCUT2D eigenvalue weighted by Gasteiger charge is 2.19. The minimum atomic E-state index is -0.932. The molecule has 0 aliphatic heterocycles. The number of benzene rings is 2. The van der Waals surface area contributed by atoms with Gasteiger partial charge in [-0.05, 0) is 55.3 Å². The Morgan fingerprint density at radius 2 is 1.72 bits per heavy atom. The van der Waals surface area contributed by atoms with Crippen LogP contribution in [-0.4, -0.2) is 37.5 Å². The minimum Gasteiger partial charge on any atom is -0.497 e. The zero-order chi connectivity index (χ0) is 23.7. The van der Waals surface area contributed by atoms with Crippen LogP contribution in [0.15, 0.2) is 48.5 Å². The molecule has 2 atom stereocenters. The van der Waals surface area contributed by atoms with Gasteiger partial charge in [0.2, 0.25) is 5.91 Å². The van der Waals surface area contributed by atoms with E-state index < -0.39 is 36.5 Å². The summed E-state index contributed by atoms with van der Waals surface area (Å²) in [4.78, 5) is 36.2. The fraction of sp³-hybridized carbons (Fsp3) is 0.261. The Morgan fingerprint density at radius 3 is 2.34 bits per heavy atom. The van der Waals surface area contributed by atoms with Crippen molar-refractivity contribution >= 4 is 47.1 Å². The van der Waals surface area contributed by atoms with Crippen LogP contribution in [0.3, 0.4) is 0 Å². The van der Waals surface area contributed by atoms with Crippen molar-refractivity contribution in [2.75, 3.05) is 13.7 Å². The second kappa shape index (κ2) is 12.1. The number of hydrogen-bond acceptors (Lipinski definition) is 5. The van der Waals surface area contributed by atoms with E-state index in [0.29, 0.717) is 21.4 Å². The molecule has 0 radical (unpaired) electrons. The monoisotopic (exact) mass is 478 g/mol. The highest BCUT2D eigenvalue weighted by Crippen LogP contribution is 2.26. The third-order valence-corrected chi connectivity index (χ3v) is 4.97. The highest BCUT2D eigenvalue weighted by atomic mass is 35.5. The minimum absolute atomic E-state index is 0.411. The average molecular weight is 479 g/mol. The third-order valence-electron chi connectivity index (χ3n) is 4.41. The SMILES string of the molecule is COc1ccc(C=CC(=O)N[C@@H](C)C(=O)OCC(=O)NC(C)c2ccc(Cl)cc2Cl)cc1. The van der Waals surface area contributed by atoms with Crippen LogP contribution in [0.25, 0.3) is 6.08 Å². The summed E-state index contributed by atoms with van der Waals surface area (Å²) < 4.78 is 10.1. The zero-order valence-electron chi connectivity index (χ0n) is 17.9. The number of ether oxygens (including phenoxy) is 2. The van der Waals surface area contributed by atoms with Crippen molar-refractivity contribution in [1.82, 2.24) is 10.6 Å². The van der Waals surface area contributed by atoms with Crippen LogP contribution in [-0.2, 0) is 19.1 Å². The maximum atomic E-state index is 12.1. The Bertz CT molecular complexity index is 992. The molecule has 0 saturated carbocycles. The zero-order valence-corrected chi connectivity index (χ0v) is 19.4. The summed E-state index contributed by atoms with van der Waals surface area (Å²) >= 11 is 12.0. The van der Waals surface area contributed by atoms with Crippen LogP contribution in [0.4, 0.5) is 0 Å². The molecule has 2 aromatic rings. The second-order valence-electron chi connectivity index (χ2n) is 6.90. The first-order valence-corrected chi connectivity index (χ1v) is 10.5. The van der Waals surface area contributed by atoms with Crippen LogP contribution in [0.5, 0.6) is 5.75 Å². The maximum Gasteiger partial charge on any atom is 0.328 e. The van der Waals surface area contributed by atoms with Crippen LogP contribution < -0.4 is 15.4 Å². The molecule has 0 spiro atoms. The number of esters is 1. The van der Waals surface area contributed by atoms with Crippen molar-refractivity contribution in [3.63, 3.8) is 0 Å². The van der Waals surface area contributed by atoms with E-state index in [9.17, 15) is 14.4 Å². The van der Waals surface area contributed by atoms with Gasteiger partial charge in [-0.15, -0.1) is 0 Å². The van der Waals surface area contributed by atoms with Gasteiger partial charge in [-0.25, -0.2) is 4.79 Å². The molecule has 0 heterocycles. The summed E-state index contributed by atoms with van der Waals surface area (Å²) in [6.45, 7) is 2.72. The number of rotatable bonds is 9. The molecule has 2 rings (SSSR count). The Morgan fingerprint density at radius 1 is 1.03 bits per heavy atom. The second-order valence-corrected chi connectivity index (χ2v) is 7.74. The topological polar surface area (TPSA) is 93.7 Å². The lowest BCUT2D eigenvalue weighted by atomic mass is 10.1. The third kappa shape index (κ3) is 7.90. The highest BCUT2D eigenvalue weighted by molar-refractivity contribution is 6.35. The fourth-order valence-corrected chi connectivity index (χ4v) is 3.25. The molecule has 0 aliphatic carbocycles. The van der Waals surface area contributed by atoms with E-state index in [-0.39, 0.29) is 0 Å². The van der Waals surface area contributed by atoms with E-state index in [1.807, 2.05) is 0 Å². The Labute approximate surface area is 196 Å². The average Bonchev–Trinajstić information content (AvgIpc) is 2.76. The molecule has 32 heavy (non-hydrogen) atoms. The summed E-state index contributed by atoms with van der Waals surface area (Å²) in [6.07, 6.45) is 2.90. The van der Waals surface area contributed by atoms with Crippen molar-refractivity contribution in [2.24, 2.45) is 0 Å². The lowest BCUT2D eigenvalue weighted by molar-refractivity contribution is -0.151. The number of nitrogens with one attached hydrogen (secondary N) is 2. The van der Waals surface area contributed by atoms with Gasteiger partial charge in [-0.1, -0.05) is 41.4 Å². The number of halogens is 2. The number of methoxy groups -OCH3 is 1. The first kappa shape index (κ1) is 25.2. The molecule has 0 bridgehead atoms. The van der Waals surface area contributed by atoms with Crippen LogP contribution in [0, 0.1) is 0 Å². The molecule has 0 aliphatic rings. The van der Waals surface area contributed by atoms with Crippen LogP contribution in [0.2, 0.25) is 10.0 Å². The molecule has 2 amide bonds. The van der Waals surface area contributed by atoms with E-state index in [1.54, 1.807) is 62.6 Å². The number of carbonyl (C=O) groups excluding carboxylic acids is 3. The molecule has 2 aromatic carbocycles. The van der Waals surface area contributed by atoms with Crippen molar-refractivity contribution in [3.8, 4) is 5.75 Å². The van der Waals surface area contributed by atoms with Crippen molar-refractivity contribution in [2.45, 2.75) is 25.9 Å². The lowest BCUT2D eigenvalue weighted by Gasteiger charge is -2.17. The Hall–Kier alpha value is -3.03. The molecular formula is C23H24Cl2N2O5. The van der Waals surface area contributed by atoms with Gasteiger partial charge >= 0.3 is 5.97 Å². The van der Waals surface area contributed by atoms with Crippen molar-refractivity contribution in [1.29, 1.82) is 0 Å².